The van der Waals surface area contributed by atoms with Crippen LogP contribution in [0.3, 0.4) is 0 Å². The van der Waals surface area contributed by atoms with E-state index in [9.17, 15) is 0 Å². The second-order valence-corrected chi connectivity index (χ2v) is 4.04. The molecule has 16 heavy (non-hydrogen) atoms. The average Bonchev–Trinajstić information content (AvgIpc) is 2.94. The molecule has 0 radical (unpaired) electrons. The van der Waals surface area contributed by atoms with Gasteiger partial charge in [-0.2, -0.15) is 0 Å². The van der Waals surface area contributed by atoms with Gasteiger partial charge in [0.2, 0.25) is 0 Å². The molecule has 0 bridgehead atoms. The molecule has 2 unspecified atom stereocenters. The zero-order valence-electron chi connectivity index (χ0n) is 8.83. The van der Waals surface area contributed by atoms with Crippen LogP contribution >= 0.6 is 0 Å². The van der Waals surface area contributed by atoms with E-state index in [-0.39, 0.29) is 18.9 Å². The average molecular weight is 222 g/mol. The van der Waals surface area contributed by atoms with Crippen LogP contribution in [0.1, 0.15) is 12.8 Å². The summed E-state index contributed by atoms with van der Waals surface area (Å²) in [4.78, 5) is 10.3. The molecule has 2 N–H and O–H groups in total. The Balaban J connectivity index is 1.78. The molecule has 2 aliphatic heterocycles. The molecule has 1 aromatic heterocycles. The fraction of sp³-hybridized carbons (Fsp3) is 0.600. The SMILES string of the molecule is OCC1CCC(N2CNc3cncnc32)O1. The summed E-state index contributed by atoms with van der Waals surface area (Å²) in [5, 5.41) is 12.3. The first kappa shape index (κ1) is 9.80. The second kappa shape index (κ2) is 3.88. The minimum atomic E-state index is -0.0316. The lowest BCUT2D eigenvalue weighted by atomic mass is 10.2. The van der Waals surface area contributed by atoms with E-state index in [0.29, 0.717) is 6.67 Å². The molecule has 6 heteroatoms. The molecular weight excluding hydrogens is 208 g/mol. The second-order valence-electron chi connectivity index (χ2n) is 4.04. The van der Waals surface area contributed by atoms with Gasteiger partial charge in [0, 0.05) is 0 Å². The van der Waals surface area contributed by atoms with Gasteiger partial charge < -0.3 is 20.1 Å². The van der Waals surface area contributed by atoms with Gasteiger partial charge in [-0.05, 0) is 12.8 Å². The van der Waals surface area contributed by atoms with Crippen molar-refractivity contribution in [2.24, 2.45) is 0 Å². The highest BCUT2D eigenvalue weighted by Crippen LogP contribution is 2.33. The van der Waals surface area contributed by atoms with Crippen molar-refractivity contribution in [2.75, 3.05) is 23.5 Å². The van der Waals surface area contributed by atoms with Gasteiger partial charge in [0.1, 0.15) is 12.6 Å². The van der Waals surface area contributed by atoms with Gasteiger partial charge in [-0.3, -0.25) is 0 Å². The van der Waals surface area contributed by atoms with Crippen molar-refractivity contribution < 1.29 is 9.84 Å². The Morgan fingerprint density at radius 1 is 1.56 bits per heavy atom. The number of anilines is 2. The van der Waals surface area contributed by atoms with Gasteiger partial charge in [0.15, 0.2) is 5.82 Å². The van der Waals surface area contributed by atoms with Crippen molar-refractivity contribution in [1.82, 2.24) is 9.97 Å². The third-order valence-electron chi connectivity index (χ3n) is 3.04. The van der Waals surface area contributed by atoms with Gasteiger partial charge >= 0.3 is 0 Å². The molecule has 2 aliphatic rings. The third-order valence-corrected chi connectivity index (χ3v) is 3.04. The zero-order chi connectivity index (χ0) is 11.0. The van der Waals surface area contributed by atoms with Crippen molar-refractivity contribution in [3.63, 3.8) is 0 Å². The summed E-state index contributed by atoms with van der Waals surface area (Å²) in [6.45, 7) is 0.783. The lowest BCUT2D eigenvalue weighted by Gasteiger charge is -2.24. The van der Waals surface area contributed by atoms with Crippen LogP contribution < -0.4 is 10.2 Å². The van der Waals surface area contributed by atoms with Gasteiger partial charge in [-0.15, -0.1) is 0 Å². The molecule has 0 aliphatic carbocycles. The van der Waals surface area contributed by atoms with Crippen LogP contribution in [-0.4, -0.2) is 40.7 Å². The largest absolute Gasteiger partial charge is 0.394 e. The molecule has 0 spiro atoms. The van der Waals surface area contributed by atoms with Gasteiger partial charge in [0.05, 0.1) is 31.3 Å². The lowest BCUT2D eigenvalue weighted by Crippen LogP contribution is -2.35. The molecule has 86 valence electrons. The van der Waals surface area contributed by atoms with Crippen molar-refractivity contribution in [3.05, 3.63) is 12.5 Å². The van der Waals surface area contributed by atoms with Crippen molar-refractivity contribution in [3.8, 4) is 0 Å². The number of nitrogens with one attached hydrogen (secondary N) is 1. The predicted molar refractivity (Wildman–Crippen MR) is 58.0 cm³/mol. The van der Waals surface area contributed by atoms with Crippen LogP contribution in [0.25, 0.3) is 0 Å². The number of fused-ring (bicyclic) bond motifs is 1. The summed E-state index contributed by atoms with van der Waals surface area (Å²) in [5.74, 6) is 0.888. The summed E-state index contributed by atoms with van der Waals surface area (Å²) in [5.41, 5.74) is 0.943. The van der Waals surface area contributed by atoms with Crippen LogP contribution in [-0.2, 0) is 4.74 Å². The number of hydrogen-bond acceptors (Lipinski definition) is 6. The summed E-state index contributed by atoms with van der Waals surface area (Å²) < 4.78 is 5.73. The highest BCUT2D eigenvalue weighted by atomic mass is 16.5. The van der Waals surface area contributed by atoms with Gasteiger partial charge in [0.25, 0.3) is 0 Å². The Hall–Kier alpha value is -1.40. The Labute approximate surface area is 93.3 Å². The van der Waals surface area contributed by atoms with Crippen molar-refractivity contribution in [1.29, 1.82) is 0 Å². The van der Waals surface area contributed by atoms with Gasteiger partial charge in [-0.25, -0.2) is 9.97 Å². The van der Waals surface area contributed by atoms with Crippen LogP contribution in [0.15, 0.2) is 12.5 Å². The van der Waals surface area contributed by atoms with Gasteiger partial charge in [-0.1, -0.05) is 0 Å². The van der Waals surface area contributed by atoms with E-state index in [1.165, 1.54) is 6.33 Å². The van der Waals surface area contributed by atoms with E-state index in [4.69, 9.17) is 9.84 Å². The topological polar surface area (TPSA) is 70.5 Å². The molecule has 0 aromatic carbocycles. The van der Waals surface area contributed by atoms with Crippen LogP contribution in [0.2, 0.25) is 0 Å². The third kappa shape index (κ3) is 1.50. The Morgan fingerprint density at radius 2 is 2.50 bits per heavy atom. The van der Waals surface area contributed by atoms with Crippen LogP contribution in [0.4, 0.5) is 11.5 Å². The van der Waals surface area contributed by atoms with E-state index in [1.807, 2.05) is 0 Å². The Bertz CT molecular complexity index is 387. The van der Waals surface area contributed by atoms with E-state index in [2.05, 4.69) is 20.2 Å². The summed E-state index contributed by atoms with van der Waals surface area (Å²) in [6.07, 6.45) is 5.11. The molecule has 1 fully saturated rings. The van der Waals surface area contributed by atoms with E-state index in [0.717, 1.165) is 24.3 Å². The lowest BCUT2D eigenvalue weighted by molar-refractivity contribution is 0.0115. The van der Waals surface area contributed by atoms with Crippen molar-refractivity contribution in [2.45, 2.75) is 25.2 Å². The quantitative estimate of drug-likeness (QED) is 0.743. The fourth-order valence-corrected chi connectivity index (χ4v) is 2.21. The van der Waals surface area contributed by atoms with Crippen LogP contribution in [0.5, 0.6) is 0 Å². The smallest absolute Gasteiger partial charge is 0.158 e. The van der Waals surface area contributed by atoms with E-state index in [1.54, 1.807) is 6.20 Å². The summed E-state index contributed by atoms with van der Waals surface area (Å²) in [6, 6.07) is 0. The first-order valence-corrected chi connectivity index (χ1v) is 5.45. The molecular formula is C10H14N4O2. The van der Waals surface area contributed by atoms with Crippen molar-refractivity contribution >= 4 is 11.5 Å². The number of ether oxygens (including phenoxy) is 1. The minimum absolute atomic E-state index is 0.0146. The molecule has 0 saturated carbocycles. The number of aliphatic hydroxyl groups is 1. The number of aromatic nitrogens is 2. The minimum Gasteiger partial charge on any atom is -0.394 e. The molecule has 2 atom stereocenters. The standard InChI is InChI=1S/C10H14N4O2/c15-4-7-1-2-9(16-7)14-6-13-8-3-11-5-12-10(8)14/h3,5,7,9,13,15H,1-2,4,6H2. The summed E-state index contributed by atoms with van der Waals surface area (Å²) in [7, 11) is 0. The first-order valence-electron chi connectivity index (χ1n) is 5.45. The van der Waals surface area contributed by atoms with E-state index >= 15 is 0 Å². The number of nitrogens with zero attached hydrogens (tertiary/aromatic N) is 3. The first-order chi connectivity index (χ1) is 7.88. The maximum Gasteiger partial charge on any atom is 0.158 e. The molecule has 0 amide bonds. The number of hydrogen-bond donors (Lipinski definition) is 2. The maximum atomic E-state index is 9.04. The molecule has 6 nitrogen and oxygen atoms in total. The fourth-order valence-electron chi connectivity index (χ4n) is 2.21. The number of rotatable bonds is 2. The normalized spacial score (nSPS) is 27.9. The summed E-state index contributed by atoms with van der Waals surface area (Å²) >= 11 is 0. The van der Waals surface area contributed by atoms with E-state index < -0.39 is 0 Å². The molecule has 3 rings (SSSR count). The zero-order valence-corrected chi connectivity index (χ0v) is 8.83. The van der Waals surface area contributed by atoms with Crippen LogP contribution in [0, 0.1) is 0 Å². The highest BCUT2D eigenvalue weighted by Gasteiger charge is 2.33. The number of aliphatic hydroxyl groups excluding tert-OH is 1. The Kier molecular flexibility index (Phi) is 2.37. The molecule has 1 saturated heterocycles. The monoisotopic (exact) mass is 222 g/mol. The maximum absolute atomic E-state index is 9.04. The Morgan fingerprint density at radius 3 is 3.31 bits per heavy atom. The molecule has 1 aromatic rings. The highest BCUT2D eigenvalue weighted by molar-refractivity contribution is 5.69. The predicted octanol–water partition coefficient (Wildman–Crippen LogP) is 0.163. The molecule has 3 heterocycles.